The van der Waals surface area contributed by atoms with Gasteiger partial charge in [-0.05, 0) is 49.9 Å². The Kier molecular flexibility index (Phi) is 5.27. The molecule has 3 heterocycles. The number of rotatable bonds is 3. The van der Waals surface area contributed by atoms with E-state index < -0.39 is 4.87 Å². The molecule has 2 atom stereocenters. The smallest absolute Gasteiger partial charge is 0.269 e. The monoisotopic (exact) mass is 455 g/mol. The fourth-order valence-electron chi connectivity index (χ4n) is 4.90. The predicted octanol–water partition coefficient (Wildman–Crippen LogP) is 4.70. The van der Waals surface area contributed by atoms with Gasteiger partial charge in [0.2, 0.25) is 10.8 Å². The molecule has 31 heavy (non-hydrogen) atoms. The average Bonchev–Trinajstić information content (AvgIpc) is 3.16. The lowest BCUT2D eigenvalue weighted by Gasteiger charge is -2.35. The Bertz CT molecular complexity index is 1040. The molecule has 7 heteroatoms. The summed E-state index contributed by atoms with van der Waals surface area (Å²) in [5, 5.41) is 0.217. The second kappa shape index (κ2) is 7.84. The number of carbonyl (C=O) groups excluding carboxylic acids is 2. The van der Waals surface area contributed by atoms with Crippen LogP contribution in [0.1, 0.15) is 32.3 Å². The van der Waals surface area contributed by atoms with Crippen molar-refractivity contribution in [2.75, 3.05) is 29.6 Å². The summed E-state index contributed by atoms with van der Waals surface area (Å²) < 4.78 is 0. The quantitative estimate of drug-likeness (QED) is 0.673. The Hall–Kier alpha value is -2.02. The molecule has 3 aliphatic rings. The van der Waals surface area contributed by atoms with Gasteiger partial charge in [-0.25, -0.2) is 0 Å². The van der Waals surface area contributed by atoms with E-state index in [9.17, 15) is 9.59 Å². The summed E-state index contributed by atoms with van der Waals surface area (Å²) in [7, 11) is 0. The first-order chi connectivity index (χ1) is 14.9. The van der Waals surface area contributed by atoms with E-state index >= 15 is 0 Å². The summed E-state index contributed by atoms with van der Waals surface area (Å²) in [6, 6.07) is 15.1. The van der Waals surface area contributed by atoms with E-state index in [1.54, 1.807) is 17.0 Å². The van der Waals surface area contributed by atoms with Gasteiger partial charge in [0.1, 0.15) is 0 Å². The number of para-hydroxylation sites is 1. The topological polar surface area (TPSA) is 43.9 Å². The van der Waals surface area contributed by atoms with Crippen LogP contribution in [0.3, 0.4) is 0 Å². The molecular formula is C24H26ClN3O2S. The number of nitrogens with zero attached hydrogens (tertiary/aromatic N) is 3. The summed E-state index contributed by atoms with van der Waals surface area (Å²) in [5.41, 5.74) is 2.44. The van der Waals surface area contributed by atoms with Crippen LogP contribution in [0.2, 0.25) is 5.02 Å². The number of amides is 2. The van der Waals surface area contributed by atoms with E-state index in [2.05, 4.69) is 11.8 Å². The summed E-state index contributed by atoms with van der Waals surface area (Å²) in [4.78, 5) is 32.3. The first kappa shape index (κ1) is 20.9. The number of fused-ring (bicyclic) bond motifs is 2. The SMILES string of the molecule is CC1CCN(CN2C(=O)[C@]3(S[C@H](C)C(=O)N3c3cccc(Cl)c3)c3ccccc32)CC1. The molecular weight excluding hydrogens is 430 g/mol. The van der Waals surface area contributed by atoms with Crippen LogP contribution < -0.4 is 9.80 Å². The van der Waals surface area contributed by atoms with Crippen molar-refractivity contribution in [3.05, 3.63) is 59.1 Å². The van der Waals surface area contributed by atoms with E-state index in [4.69, 9.17) is 11.6 Å². The van der Waals surface area contributed by atoms with Gasteiger partial charge in [-0.3, -0.25) is 24.3 Å². The molecule has 0 radical (unpaired) electrons. The van der Waals surface area contributed by atoms with Gasteiger partial charge in [-0.1, -0.05) is 42.8 Å². The van der Waals surface area contributed by atoms with E-state index in [0.29, 0.717) is 17.4 Å². The molecule has 1 spiro atoms. The lowest BCUT2D eigenvalue weighted by atomic mass is 10.00. The summed E-state index contributed by atoms with van der Waals surface area (Å²) in [5.74, 6) is 0.616. The second-order valence-corrected chi connectivity index (χ2v) is 10.7. The van der Waals surface area contributed by atoms with Crippen LogP contribution in [0.15, 0.2) is 48.5 Å². The fourth-order valence-corrected chi connectivity index (χ4v) is 6.61. The first-order valence-electron chi connectivity index (χ1n) is 10.8. The molecule has 5 rings (SSSR count). The van der Waals surface area contributed by atoms with Gasteiger partial charge in [0.05, 0.1) is 17.6 Å². The maximum Gasteiger partial charge on any atom is 0.269 e. The molecule has 162 valence electrons. The van der Waals surface area contributed by atoms with E-state index in [1.807, 2.05) is 48.2 Å². The highest BCUT2D eigenvalue weighted by atomic mass is 35.5. The Morgan fingerprint density at radius 3 is 2.55 bits per heavy atom. The Morgan fingerprint density at radius 2 is 1.81 bits per heavy atom. The van der Waals surface area contributed by atoms with Crippen LogP contribution >= 0.6 is 23.4 Å². The van der Waals surface area contributed by atoms with Crippen molar-refractivity contribution in [3.8, 4) is 0 Å². The number of thioether (sulfide) groups is 1. The number of carbonyl (C=O) groups is 2. The van der Waals surface area contributed by atoms with Gasteiger partial charge in [0.15, 0.2) is 0 Å². The molecule has 2 amide bonds. The molecule has 2 saturated heterocycles. The number of piperidine rings is 1. The molecule has 0 saturated carbocycles. The third-order valence-electron chi connectivity index (χ3n) is 6.61. The molecule has 0 aromatic heterocycles. The van der Waals surface area contributed by atoms with Gasteiger partial charge in [0, 0.05) is 29.4 Å². The van der Waals surface area contributed by atoms with Crippen LogP contribution in [0, 0.1) is 5.92 Å². The second-order valence-electron chi connectivity index (χ2n) is 8.75. The maximum absolute atomic E-state index is 14.1. The number of anilines is 2. The van der Waals surface area contributed by atoms with Gasteiger partial charge < -0.3 is 0 Å². The zero-order valence-corrected chi connectivity index (χ0v) is 19.3. The minimum absolute atomic E-state index is 0.0463. The number of benzene rings is 2. The predicted molar refractivity (Wildman–Crippen MR) is 126 cm³/mol. The maximum atomic E-state index is 14.1. The van der Waals surface area contributed by atoms with Crippen LogP contribution in [0.25, 0.3) is 0 Å². The van der Waals surface area contributed by atoms with Gasteiger partial charge in [0.25, 0.3) is 5.91 Å². The molecule has 2 aromatic carbocycles. The molecule has 0 aliphatic carbocycles. The van der Waals surface area contributed by atoms with Gasteiger partial charge in [-0.2, -0.15) is 0 Å². The van der Waals surface area contributed by atoms with Crippen molar-refractivity contribution < 1.29 is 9.59 Å². The van der Waals surface area contributed by atoms with Gasteiger partial charge >= 0.3 is 0 Å². The normalized spacial score (nSPS) is 26.9. The molecule has 0 unspecified atom stereocenters. The minimum Gasteiger partial charge on any atom is -0.295 e. The largest absolute Gasteiger partial charge is 0.295 e. The van der Waals surface area contributed by atoms with Crippen molar-refractivity contribution in [3.63, 3.8) is 0 Å². The highest BCUT2D eigenvalue weighted by Gasteiger charge is 2.63. The van der Waals surface area contributed by atoms with Crippen molar-refractivity contribution in [1.29, 1.82) is 0 Å². The lowest BCUT2D eigenvalue weighted by molar-refractivity contribution is -0.124. The van der Waals surface area contributed by atoms with Crippen molar-refractivity contribution >= 4 is 46.6 Å². The summed E-state index contributed by atoms with van der Waals surface area (Å²) in [6.45, 7) is 6.69. The first-order valence-corrected chi connectivity index (χ1v) is 12.1. The average molecular weight is 456 g/mol. The zero-order valence-electron chi connectivity index (χ0n) is 17.8. The molecule has 2 aromatic rings. The molecule has 5 nitrogen and oxygen atoms in total. The van der Waals surface area contributed by atoms with Crippen molar-refractivity contribution in [1.82, 2.24) is 4.90 Å². The fraction of sp³-hybridized carbons (Fsp3) is 0.417. The highest BCUT2D eigenvalue weighted by molar-refractivity contribution is 8.03. The van der Waals surface area contributed by atoms with E-state index in [1.165, 1.54) is 11.8 Å². The zero-order chi connectivity index (χ0) is 21.8. The number of hydrogen-bond acceptors (Lipinski definition) is 4. The third-order valence-corrected chi connectivity index (χ3v) is 8.32. The van der Waals surface area contributed by atoms with Crippen LogP contribution in [-0.4, -0.2) is 41.7 Å². The van der Waals surface area contributed by atoms with Crippen molar-refractivity contribution in [2.24, 2.45) is 5.92 Å². The van der Waals surface area contributed by atoms with Gasteiger partial charge in [-0.15, -0.1) is 11.8 Å². The molecule has 2 fully saturated rings. The third kappa shape index (κ3) is 3.27. The Balaban J connectivity index is 1.59. The molecule has 0 bridgehead atoms. The van der Waals surface area contributed by atoms with Crippen molar-refractivity contribution in [2.45, 2.75) is 36.8 Å². The van der Waals surface area contributed by atoms with Crippen LogP contribution in [0.4, 0.5) is 11.4 Å². The minimum atomic E-state index is -1.10. The standard InChI is InChI=1S/C24H26ClN3O2S/c1-16-10-12-26(13-11-16)15-27-21-9-4-3-8-20(21)24(23(27)30)28(22(29)17(2)31-24)19-7-5-6-18(25)14-19/h3-9,14,16-17H,10-13,15H2,1-2H3/t17-,24-/m1/s1. The summed E-state index contributed by atoms with van der Waals surface area (Å²) in [6.07, 6.45) is 2.29. The summed E-state index contributed by atoms with van der Waals surface area (Å²) >= 11 is 7.69. The highest BCUT2D eigenvalue weighted by Crippen LogP contribution is 2.57. The van der Waals surface area contributed by atoms with Crippen LogP contribution in [0.5, 0.6) is 0 Å². The molecule has 0 N–H and O–H groups in total. The number of halogens is 1. The number of likely N-dealkylation sites (tertiary alicyclic amines) is 1. The molecule has 3 aliphatic heterocycles. The van der Waals surface area contributed by atoms with E-state index in [-0.39, 0.29) is 17.1 Å². The van der Waals surface area contributed by atoms with E-state index in [0.717, 1.165) is 43.1 Å². The Labute approximate surface area is 192 Å². The lowest BCUT2D eigenvalue weighted by Crippen LogP contribution is -2.52. The Morgan fingerprint density at radius 1 is 1.06 bits per heavy atom. The van der Waals surface area contributed by atoms with Crippen LogP contribution in [-0.2, 0) is 14.5 Å². The number of hydrogen-bond donors (Lipinski definition) is 0.